The van der Waals surface area contributed by atoms with E-state index in [1.807, 2.05) is 0 Å². The molecular formula is C48H26N4S. The van der Waals surface area contributed by atoms with Crippen LogP contribution in [0.2, 0.25) is 0 Å². The molecular weight excluding hydrogens is 665 g/mol. The highest BCUT2D eigenvalue weighted by Crippen LogP contribution is 2.49. The van der Waals surface area contributed by atoms with Gasteiger partial charge in [0.25, 0.3) is 0 Å². The zero-order valence-electron chi connectivity index (χ0n) is 28.2. The van der Waals surface area contributed by atoms with Crippen molar-refractivity contribution >= 4 is 113 Å². The summed E-state index contributed by atoms with van der Waals surface area (Å²) in [6.07, 6.45) is 0. The van der Waals surface area contributed by atoms with Crippen molar-refractivity contribution < 1.29 is 0 Å². The van der Waals surface area contributed by atoms with Crippen LogP contribution in [-0.2, 0) is 0 Å². The predicted octanol–water partition coefficient (Wildman–Crippen LogP) is 13.1. The Morgan fingerprint density at radius 1 is 0.434 bits per heavy atom. The molecule has 0 atom stereocenters. The van der Waals surface area contributed by atoms with Crippen LogP contribution >= 0.6 is 11.3 Å². The summed E-state index contributed by atoms with van der Waals surface area (Å²) in [5, 5.41) is 13.6. The third-order valence-corrected chi connectivity index (χ3v) is 12.6. The summed E-state index contributed by atoms with van der Waals surface area (Å²) in [4.78, 5) is 11.0. The average molecular weight is 691 g/mol. The van der Waals surface area contributed by atoms with Crippen LogP contribution < -0.4 is 0 Å². The summed E-state index contributed by atoms with van der Waals surface area (Å²) < 4.78 is 7.22. The Kier molecular flexibility index (Phi) is 5.22. The van der Waals surface area contributed by atoms with Crippen LogP contribution in [0, 0.1) is 0 Å². The van der Waals surface area contributed by atoms with Crippen molar-refractivity contribution in [2.75, 3.05) is 0 Å². The quantitative estimate of drug-likeness (QED) is 0.181. The van der Waals surface area contributed by atoms with E-state index in [2.05, 4.69) is 167 Å². The van der Waals surface area contributed by atoms with Crippen LogP contribution in [0.5, 0.6) is 0 Å². The number of benzene rings is 8. The number of hydrogen-bond acceptors (Lipinski definition) is 3. The third-order valence-electron chi connectivity index (χ3n) is 11.4. The second kappa shape index (κ2) is 9.94. The van der Waals surface area contributed by atoms with Crippen molar-refractivity contribution in [3.8, 4) is 17.2 Å². The number of rotatable bonds is 2. The van der Waals surface area contributed by atoms with Gasteiger partial charge < -0.3 is 4.40 Å². The van der Waals surface area contributed by atoms with E-state index in [0.717, 1.165) is 43.8 Å². The van der Waals surface area contributed by atoms with E-state index in [-0.39, 0.29) is 0 Å². The van der Waals surface area contributed by atoms with Crippen LogP contribution in [0.25, 0.3) is 119 Å². The van der Waals surface area contributed by atoms with Gasteiger partial charge >= 0.3 is 0 Å². The van der Waals surface area contributed by atoms with E-state index in [1.54, 1.807) is 11.3 Å². The minimum absolute atomic E-state index is 0.727. The van der Waals surface area contributed by atoms with Gasteiger partial charge in [0.1, 0.15) is 0 Å². The minimum Gasteiger partial charge on any atom is -0.308 e. The topological polar surface area (TPSA) is 35.1 Å². The molecule has 5 aromatic heterocycles. The van der Waals surface area contributed by atoms with Crippen LogP contribution in [-0.4, -0.2) is 18.9 Å². The molecule has 0 spiro atoms. The standard InChI is InChI=1S/C48H26N4S/c1-2-13-29-25-30(22-21-27(29)11-1)47-49-44-34-17-7-10-20-40(34)53-46(44)48(50-47)52-38-24-23-28-12-3-4-14-31(28)41(38)43-39(52)26-35-32-15-5-8-18-36(32)51-37-19-9-6-16-33(37)42(43)45(35)51/h1-26H. The molecule has 13 rings (SSSR count). The maximum atomic E-state index is 5.60. The molecule has 4 nitrogen and oxygen atoms in total. The number of fused-ring (bicyclic) bond motifs is 16. The Bertz CT molecular complexity index is 3700. The van der Waals surface area contributed by atoms with Gasteiger partial charge in [-0.1, -0.05) is 121 Å². The maximum absolute atomic E-state index is 5.60. The van der Waals surface area contributed by atoms with E-state index >= 15 is 0 Å². The molecule has 0 radical (unpaired) electrons. The molecule has 53 heavy (non-hydrogen) atoms. The van der Waals surface area contributed by atoms with Crippen molar-refractivity contribution in [2.24, 2.45) is 0 Å². The molecule has 244 valence electrons. The zero-order valence-corrected chi connectivity index (χ0v) is 29.0. The lowest BCUT2D eigenvalue weighted by Crippen LogP contribution is -2.01. The van der Waals surface area contributed by atoms with Crippen LogP contribution in [0.3, 0.4) is 0 Å². The van der Waals surface area contributed by atoms with Gasteiger partial charge in [0, 0.05) is 48.0 Å². The van der Waals surface area contributed by atoms with Gasteiger partial charge in [-0.05, 0) is 57.9 Å². The fourth-order valence-corrected chi connectivity index (χ4v) is 10.3. The lowest BCUT2D eigenvalue weighted by atomic mass is 9.99. The summed E-state index contributed by atoms with van der Waals surface area (Å²) >= 11 is 1.78. The SMILES string of the molecule is c1ccc2cc(-c3nc(-n4c5ccc6ccccc6c5c5c6c7ccccc7n7c8ccccc8c(cc54)c67)c4sc5ccccc5c4n3)ccc2c1. The lowest BCUT2D eigenvalue weighted by Gasteiger charge is -2.12. The zero-order chi connectivity index (χ0) is 34.4. The molecule has 0 amide bonds. The van der Waals surface area contributed by atoms with E-state index < -0.39 is 0 Å². The molecule has 0 fully saturated rings. The van der Waals surface area contributed by atoms with Crippen LogP contribution in [0.1, 0.15) is 0 Å². The van der Waals surface area contributed by atoms with Gasteiger partial charge in [-0.2, -0.15) is 0 Å². The van der Waals surface area contributed by atoms with Crippen LogP contribution in [0.15, 0.2) is 158 Å². The summed E-state index contributed by atoms with van der Waals surface area (Å²) in [5.74, 6) is 1.64. The van der Waals surface area contributed by atoms with Crippen molar-refractivity contribution in [2.45, 2.75) is 0 Å². The van der Waals surface area contributed by atoms with Gasteiger partial charge in [-0.25, -0.2) is 9.97 Å². The first-order valence-electron chi connectivity index (χ1n) is 18.0. The van der Waals surface area contributed by atoms with Crippen molar-refractivity contribution in [1.82, 2.24) is 18.9 Å². The molecule has 0 saturated heterocycles. The number of thiophene rings is 1. The van der Waals surface area contributed by atoms with Crippen LogP contribution in [0.4, 0.5) is 0 Å². The normalized spacial score (nSPS) is 12.5. The molecule has 5 heteroatoms. The molecule has 0 aliphatic carbocycles. The lowest BCUT2D eigenvalue weighted by molar-refractivity contribution is 1.08. The maximum Gasteiger partial charge on any atom is 0.162 e. The van der Waals surface area contributed by atoms with E-state index in [0.29, 0.717) is 0 Å². The Morgan fingerprint density at radius 3 is 1.98 bits per heavy atom. The minimum atomic E-state index is 0.727. The molecule has 0 unspecified atom stereocenters. The molecule has 0 bridgehead atoms. The highest BCUT2D eigenvalue weighted by Gasteiger charge is 2.27. The van der Waals surface area contributed by atoms with E-state index in [1.165, 1.54) is 75.1 Å². The average Bonchev–Trinajstić information content (AvgIpc) is 3.95. The van der Waals surface area contributed by atoms with Gasteiger partial charge in [-0.3, -0.25) is 4.57 Å². The molecule has 0 saturated carbocycles. The molecule has 5 heterocycles. The smallest absolute Gasteiger partial charge is 0.162 e. The van der Waals surface area contributed by atoms with Crippen molar-refractivity contribution in [3.63, 3.8) is 0 Å². The van der Waals surface area contributed by atoms with Gasteiger partial charge in [0.15, 0.2) is 11.6 Å². The summed E-state index contributed by atoms with van der Waals surface area (Å²) in [7, 11) is 0. The third kappa shape index (κ3) is 3.54. The Balaban J connectivity index is 1.28. The Hall–Kier alpha value is -6.82. The van der Waals surface area contributed by atoms with Gasteiger partial charge in [-0.15, -0.1) is 11.3 Å². The van der Waals surface area contributed by atoms with E-state index in [4.69, 9.17) is 9.97 Å². The number of hydrogen-bond donors (Lipinski definition) is 0. The summed E-state index contributed by atoms with van der Waals surface area (Å²) in [6, 6.07) is 57.3. The van der Waals surface area contributed by atoms with Gasteiger partial charge in [0.05, 0.1) is 37.8 Å². The number of aromatic nitrogens is 4. The van der Waals surface area contributed by atoms with Gasteiger partial charge in [0.2, 0.25) is 0 Å². The first-order chi connectivity index (χ1) is 26.3. The molecule has 0 aliphatic heterocycles. The number of nitrogens with zero attached hydrogens (tertiary/aromatic N) is 4. The predicted molar refractivity (Wildman–Crippen MR) is 224 cm³/mol. The largest absolute Gasteiger partial charge is 0.308 e. The highest BCUT2D eigenvalue weighted by atomic mass is 32.1. The summed E-state index contributed by atoms with van der Waals surface area (Å²) in [6.45, 7) is 0. The van der Waals surface area contributed by atoms with Crippen molar-refractivity contribution in [3.05, 3.63) is 158 Å². The second-order valence-corrected chi connectivity index (χ2v) is 15.2. The molecule has 13 aromatic rings. The first kappa shape index (κ1) is 27.8. The van der Waals surface area contributed by atoms with E-state index in [9.17, 15) is 0 Å². The molecule has 8 aromatic carbocycles. The summed E-state index contributed by atoms with van der Waals surface area (Å²) in [5.41, 5.74) is 8.03. The Morgan fingerprint density at radius 2 is 1.11 bits per heavy atom. The second-order valence-electron chi connectivity index (χ2n) is 14.1. The molecule has 0 aliphatic rings. The van der Waals surface area contributed by atoms with Crippen molar-refractivity contribution in [1.29, 1.82) is 0 Å². The highest BCUT2D eigenvalue weighted by molar-refractivity contribution is 7.26. The first-order valence-corrected chi connectivity index (χ1v) is 18.8. The fourth-order valence-electron chi connectivity index (χ4n) is 9.19. The fraction of sp³-hybridized carbons (Fsp3) is 0. The monoisotopic (exact) mass is 690 g/mol. The Labute approximate surface area is 305 Å². The molecule has 0 N–H and O–H groups in total. The number of para-hydroxylation sites is 2.